The highest BCUT2D eigenvalue weighted by Gasteiger charge is 2.26. The van der Waals surface area contributed by atoms with E-state index in [0.29, 0.717) is 0 Å². The van der Waals surface area contributed by atoms with E-state index in [0.717, 1.165) is 13.3 Å². The molecule has 0 bridgehead atoms. The lowest BCUT2D eigenvalue weighted by Crippen LogP contribution is -2.46. The summed E-state index contributed by atoms with van der Waals surface area (Å²) in [5, 5.41) is 1.63. The molecule has 0 aliphatic rings. The minimum Gasteiger partial charge on any atom is -0.467 e. The van der Waals surface area contributed by atoms with Gasteiger partial charge in [0.1, 0.15) is 11.3 Å². The molecule has 0 aliphatic carbocycles. The SMILES string of the molecule is COC(=O)[C@H](CCC(=O)C=[N+]=N)NC(=O)[C@H](C)S(C)=O. The Morgan fingerprint density at radius 2 is 2.05 bits per heavy atom. The van der Waals surface area contributed by atoms with Crippen molar-refractivity contribution in [1.82, 2.24) is 5.32 Å². The van der Waals surface area contributed by atoms with Gasteiger partial charge >= 0.3 is 12.2 Å². The summed E-state index contributed by atoms with van der Waals surface area (Å²) in [6.45, 7) is 1.47. The maximum atomic E-state index is 11.7. The molecule has 0 saturated carbocycles. The summed E-state index contributed by atoms with van der Waals surface area (Å²) < 4.78 is 15.7. The molecule has 0 aromatic rings. The number of rotatable bonds is 8. The zero-order valence-electron chi connectivity index (χ0n) is 11.5. The molecular weight excluding hydrogens is 286 g/mol. The maximum Gasteiger partial charge on any atom is 0.372 e. The summed E-state index contributed by atoms with van der Waals surface area (Å²) >= 11 is 0. The van der Waals surface area contributed by atoms with Crippen molar-refractivity contribution in [3.63, 3.8) is 0 Å². The number of esters is 1. The standard InChI is InChI=1S/C11H17N3O5S/c1-7(20(3)18)10(16)14-9(11(17)19-2)5-4-8(15)6-13-12/h6-7,9,12H,4-5H2,1-3H3/p+1/t7-,9-,20?/m0/s1. The van der Waals surface area contributed by atoms with Crippen LogP contribution in [0.3, 0.4) is 0 Å². The minimum absolute atomic E-state index is 0.0202. The Bertz CT molecular complexity index is 459. The highest BCUT2D eigenvalue weighted by Crippen LogP contribution is 2.02. The van der Waals surface area contributed by atoms with Gasteiger partial charge in [-0.2, -0.15) is 0 Å². The van der Waals surface area contributed by atoms with Gasteiger partial charge in [-0.15, -0.1) is 0 Å². The van der Waals surface area contributed by atoms with Gasteiger partial charge in [-0.1, -0.05) is 0 Å². The molecule has 8 nitrogen and oxygen atoms in total. The molecular formula is C11H18N3O5S+. The number of ether oxygens (including phenoxy) is 1. The van der Waals surface area contributed by atoms with Crippen molar-refractivity contribution in [2.45, 2.75) is 31.1 Å². The number of carbonyl (C=O) groups excluding carboxylic acids is 3. The fourth-order valence-electron chi connectivity index (χ4n) is 1.25. The number of nitrogens with one attached hydrogen (secondary N) is 2. The largest absolute Gasteiger partial charge is 0.467 e. The van der Waals surface area contributed by atoms with Crippen LogP contribution >= 0.6 is 0 Å². The van der Waals surface area contributed by atoms with Crippen molar-refractivity contribution >= 4 is 34.7 Å². The number of nitrogens with zero attached hydrogens (tertiary/aromatic N) is 1. The third-order valence-corrected chi connectivity index (χ3v) is 3.77. The lowest BCUT2D eigenvalue weighted by atomic mass is 10.1. The Labute approximate surface area is 118 Å². The van der Waals surface area contributed by atoms with Gasteiger partial charge in [0.25, 0.3) is 0 Å². The fourth-order valence-corrected chi connectivity index (χ4v) is 1.62. The Kier molecular flexibility index (Phi) is 8.26. The molecule has 0 rings (SSSR count). The zero-order valence-corrected chi connectivity index (χ0v) is 12.4. The van der Waals surface area contributed by atoms with Crippen molar-refractivity contribution in [1.29, 1.82) is 5.53 Å². The molecule has 3 atom stereocenters. The van der Waals surface area contributed by atoms with Crippen LogP contribution < -0.4 is 5.32 Å². The third kappa shape index (κ3) is 6.35. The molecule has 0 heterocycles. The summed E-state index contributed by atoms with van der Waals surface area (Å²) in [5.74, 6) is -1.68. The van der Waals surface area contributed by atoms with E-state index in [2.05, 4.69) is 14.8 Å². The number of Topliss-reactive ketones (excluding diaryl/α,β-unsaturated/α-hetero) is 1. The van der Waals surface area contributed by atoms with Gasteiger partial charge in [-0.25, -0.2) is 4.79 Å². The van der Waals surface area contributed by atoms with Gasteiger partial charge in [0, 0.05) is 23.5 Å². The van der Waals surface area contributed by atoms with Gasteiger partial charge < -0.3 is 10.1 Å². The molecule has 2 N–H and O–H groups in total. The molecule has 112 valence electrons. The molecule has 20 heavy (non-hydrogen) atoms. The van der Waals surface area contributed by atoms with Gasteiger partial charge in [0.05, 0.1) is 17.4 Å². The Morgan fingerprint density at radius 3 is 2.50 bits per heavy atom. The summed E-state index contributed by atoms with van der Waals surface area (Å²) in [6.07, 6.45) is 2.16. The number of ketones is 1. The van der Waals surface area contributed by atoms with Gasteiger partial charge in [-0.3, -0.25) is 13.8 Å². The van der Waals surface area contributed by atoms with Gasteiger partial charge in [0.15, 0.2) is 0 Å². The monoisotopic (exact) mass is 304 g/mol. The van der Waals surface area contributed by atoms with E-state index in [1.165, 1.54) is 13.2 Å². The number of carbonyl (C=O) groups is 3. The van der Waals surface area contributed by atoms with E-state index < -0.39 is 39.8 Å². The Morgan fingerprint density at radius 1 is 1.45 bits per heavy atom. The van der Waals surface area contributed by atoms with Crippen molar-refractivity contribution in [2.75, 3.05) is 13.4 Å². The van der Waals surface area contributed by atoms with Crippen LogP contribution in [0.15, 0.2) is 0 Å². The first-order valence-corrected chi connectivity index (χ1v) is 7.38. The van der Waals surface area contributed by atoms with E-state index in [4.69, 9.17) is 5.53 Å². The van der Waals surface area contributed by atoms with Crippen LogP contribution in [0.5, 0.6) is 0 Å². The van der Waals surface area contributed by atoms with Crippen LogP contribution in [0.1, 0.15) is 19.8 Å². The second kappa shape index (κ2) is 9.11. The van der Waals surface area contributed by atoms with Crippen molar-refractivity contribution < 1.29 is 28.1 Å². The molecule has 0 spiro atoms. The predicted octanol–water partition coefficient (Wildman–Crippen LogP) is -0.930. The zero-order chi connectivity index (χ0) is 15.7. The quantitative estimate of drug-likeness (QED) is 0.259. The van der Waals surface area contributed by atoms with Gasteiger partial charge in [0.2, 0.25) is 11.7 Å². The molecule has 1 unspecified atom stereocenters. The number of amides is 1. The van der Waals surface area contributed by atoms with Crippen LogP contribution in [0, 0.1) is 5.53 Å². The summed E-state index contributed by atoms with van der Waals surface area (Å²) in [6, 6.07) is -0.999. The number of hydrogen-bond acceptors (Lipinski definition) is 6. The van der Waals surface area contributed by atoms with Gasteiger partial charge in [-0.05, 0) is 13.3 Å². The van der Waals surface area contributed by atoms with Crippen molar-refractivity contribution in [2.24, 2.45) is 0 Å². The average Bonchev–Trinajstić information content (AvgIpc) is 2.41. The van der Waals surface area contributed by atoms with Crippen LogP contribution in [-0.4, -0.2) is 57.5 Å². The lowest BCUT2D eigenvalue weighted by Gasteiger charge is -2.17. The normalized spacial score (nSPS) is 14.3. The smallest absolute Gasteiger partial charge is 0.372 e. The van der Waals surface area contributed by atoms with Crippen LogP contribution in [0.2, 0.25) is 0 Å². The molecule has 0 aliphatic heterocycles. The highest BCUT2D eigenvalue weighted by atomic mass is 32.2. The lowest BCUT2D eigenvalue weighted by molar-refractivity contribution is -0.145. The highest BCUT2D eigenvalue weighted by molar-refractivity contribution is 7.85. The van der Waals surface area contributed by atoms with Crippen LogP contribution in [0.4, 0.5) is 0 Å². The molecule has 0 fully saturated rings. The van der Waals surface area contributed by atoms with E-state index in [-0.39, 0.29) is 12.8 Å². The molecule has 1 amide bonds. The summed E-state index contributed by atoms with van der Waals surface area (Å²) in [7, 11) is -0.202. The summed E-state index contributed by atoms with van der Waals surface area (Å²) in [4.78, 5) is 37.3. The second-order valence-corrected chi connectivity index (χ2v) is 5.69. The minimum atomic E-state index is -1.36. The third-order valence-electron chi connectivity index (χ3n) is 2.56. The molecule has 0 aromatic carbocycles. The van der Waals surface area contributed by atoms with E-state index in [1.54, 1.807) is 0 Å². The van der Waals surface area contributed by atoms with E-state index in [9.17, 15) is 18.6 Å². The Hall–Kier alpha value is -1.86. The molecule has 9 heteroatoms. The first kappa shape index (κ1) is 18.1. The van der Waals surface area contributed by atoms with E-state index in [1.807, 2.05) is 0 Å². The molecule has 0 radical (unpaired) electrons. The average molecular weight is 304 g/mol. The van der Waals surface area contributed by atoms with Crippen LogP contribution in [0.25, 0.3) is 0 Å². The summed E-state index contributed by atoms with van der Waals surface area (Å²) in [5.41, 5.74) is 6.51. The maximum absolute atomic E-state index is 11.7. The predicted molar refractivity (Wildman–Crippen MR) is 70.8 cm³/mol. The first-order chi connectivity index (χ1) is 9.33. The second-order valence-electron chi connectivity index (χ2n) is 3.99. The Balaban J connectivity index is 4.69. The molecule has 0 saturated heterocycles. The molecule has 0 aromatic heterocycles. The topological polar surface area (TPSA) is 127 Å². The first-order valence-electron chi connectivity index (χ1n) is 5.76. The number of hydrogen-bond donors (Lipinski definition) is 2. The van der Waals surface area contributed by atoms with Crippen molar-refractivity contribution in [3.8, 4) is 0 Å². The van der Waals surface area contributed by atoms with E-state index >= 15 is 0 Å². The fraction of sp³-hybridized carbons (Fsp3) is 0.636. The van der Waals surface area contributed by atoms with Crippen LogP contribution in [-0.2, 0) is 29.9 Å². The number of methoxy groups -OCH3 is 1. The van der Waals surface area contributed by atoms with Crippen molar-refractivity contribution in [3.05, 3.63) is 0 Å².